The summed E-state index contributed by atoms with van der Waals surface area (Å²) in [5.41, 5.74) is 0.622. The molecule has 1 aromatic heterocycles. The van der Waals surface area contributed by atoms with Crippen molar-refractivity contribution in [3.8, 4) is 0 Å². The minimum absolute atomic E-state index is 0.0538. The number of rotatable bonds is 2. The molecule has 1 heterocycles. The molecular formula is C9H11NO2S. The molecule has 0 aliphatic heterocycles. The van der Waals surface area contributed by atoms with Crippen molar-refractivity contribution in [1.29, 1.82) is 0 Å². The van der Waals surface area contributed by atoms with Crippen LogP contribution in [0.3, 0.4) is 0 Å². The summed E-state index contributed by atoms with van der Waals surface area (Å²) in [6.07, 6.45) is 0.768. The third kappa shape index (κ3) is 1.95. The average Bonchev–Trinajstić information content (AvgIpc) is 2.45. The number of carbonyl (C=O) groups excluding carboxylic acids is 2. The Bertz CT molecular complexity index is 341. The Labute approximate surface area is 81.0 Å². The summed E-state index contributed by atoms with van der Waals surface area (Å²) in [5, 5.41) is 0. The second-order valence-corrected chi connectivity index (χ2v) is 4.22. The summed E-state index contributed by atoms with van der Waals surface area (Å²) in [6.45, 7) is 1.84. The Hall–Kier alpha value is -1.16. The summed E-state index contributed by atoms with van der Waals surface area (Å²) in [5.74, 6) is -0.0538. The maximum Gasteiger partial charge on any atom is 0.254 e. The summed E-state index contributed by atoms with van der Waals surface area (Å²) < 4.78 is 0. The fourth-order valence-corrected chi connectivity index (χ4v) is 1.85. The molecule has 0 spiro atoms. The van der Waals surface area contributed by atoms with Gasteiger partial charge < -0.3 is 4.90 Å². The smallest absolute Gasteiger partial charge is 0.254 e. The molecule has 1 amide bonds. The van der Waals surface area contributed by atoms with Crippen molar-refractivity contribution in [1.82, 2.24) is 4.90 Å². The standard InChI is InChI=1S/C9H11NO2S/c1-6-8(9(12)10(2)3)4-7(5-11)13-6/h4-5H,1-3H3. The van der Waals surface area contributed by atoms with Crippen LogP contribution in [-0.2, 0) is 0 Å². The van der Waals surface area contributed by atoms with Gasteiger partial charge in [0, 0.05) is 19.0 Å². The monoisotopic (exact) mass is 197 g/mol. The Morgan fingerprint density at radius 3 is 2.54 bits per heavy atom. The van der Waals surface area contributed by atoms with E-state index in [4.69, 9.17) is 0 Å². The zero-order valence-electron chi connectivity index (χ0n) is 7.83. The Kier molecular flexibility index (Phi) is 2.83. The molecule has 70 valence electrons. The normalized spacial score (nSPS) is 9.77. The lowest BCUT2D eigenvalue weighted by atomic mass is 10.2. The summed E-state index contributed by atoms with van der Waals surface area (Å²) in [6, 6.07) is 1.63. The van der Waals surface area contributed by atoms with Crippen LogP contribution in [0, 0.1) is 6.92 Å². The minimum Gasteiger partial charge on any atom is -0.345 e. The van der Waals surface area contributed by atoms with E-state index in [1.54, 1.807) is 20.2 Å². The quantitative estimate of drug-likeness (QED) is 0.675. The molecule has 0 saturated carbocycles. The lowest BCUT2D eigenvalue weighted by Gasteiger charge is -2.08. The van der Waals surface area contributed by atoms with Gasteiger partial charge in [-0.3, -0.25) is 9.59 Å². The van der Waals surface area contributed by atoms with Crippen LogP contribution >= 0.6 is 11.3 Å². The molecule has 4 heteroatoms. The second-order valence-electron chi connectivity index (χ2n) is 2.94. The molecule has 0 bridgehead atoms. The Balaban J connectivity index is 3.07. The number of carbonyl (C=O) groups is 2. The van der Waals surface area contributed by atoms with Gasteiger partial charge in [-0.15, -0.1) is 11.3 Å². The maximum atomic E-state index is 11.5. The van der Waals surface area contributed by atoms with Crippen LogP contribution in [0.4, 0.5) is 0 Å². The maximum absolute atomic E-state index is 11.5. The van der Waals surface area contributed by atoms with Gasteiger partial charge in [-0.1, -0.05) is 0 Å². The predicted molar refractivity (Wildman–Crippen MR) is 52.5 cm³/mol. The highest BCUT2D eigenvalue weighted by Crippen LogP contribution is 2.20. The van der Waals surface area contributed by atoms with Crippen LogP contribution < -0.4 is 0 Å². The lowest BCUT2D eigenvalue weighted by molar-refractivity contribution is 0.0827. The van der Waals surface area contributed by atoms with E-state index in [9.17, 15) is 9.59 Å². The van der Waals surface area contributed by atoms with Gasteiger partial charge in [-0.2, -0.15) is 0 Å². The highest BCUT2D eigenvalue weighted by molar-refractivity contribution is 7.13. The molecule has 13 heavy (non-hydrogen) atoms. The van der Waals surface area contributed by atoms with Gasteiger partial charge in [0.25, 0.3) is 5.91 Å². The van der Waals surface area contributed by atoms with Crippen LogP contribution in [0.25, 0.3) is 0 Å². The molecule has 0 radical (unpaired) electrons. The predicted octanol–water partition coefficient (Wildman–Crippen LogP) is 1.57. The van der Waals surface area contributed by atoms with Crippen molar-refractivity contribution < 1.29 is 9.59 Å². The average molecular weight is 197 g/mol. The van der Waals surface area contributed by atoms with Crippen molar-refractivity contribution in [2.24, 2.45) is 0 Å². The fourth-order valence-electron chi connectivity index (χ4n) is 1.02. The Morgan fingerprint density at radius 2 is 2.15 bits per heavy atom. The summed E-state index contributed by atoms with van der Waals surface area (Å²) in [4.78, 5) is 25.0. The summed E-state index contributed by atoms with van der Waals surface area (Å²) in [7, 11) is 3.39. The number of aryl methyl sites for hydroxylation is 1. The largest absolute Gasteiger partial charge is 0.345 e. The van der Waals surface area contributed by atoms with E-state index in [0.717, 1.165) is 11.2 Å². The van der Waals surface area contributed by atoms with E-state index in [2.05, 4.69) is 0 Å². The van der Waals surface area contributed by atoms with E-state index in [1.165, 1.54) is 16.2 Å². The molecule has 1 aromatic rings. The lowest BCUT2D eigenvalue weighted by Crippen LogP contribution is -2.21. The molecule has 0 unspecified atom stereocenters. The van der Waals surface area contributed by atoms with Crippen molar-refractivity contribution >= 4 is 23.5 Å². The Morgan fingerprint density at radius 1 is 1.54 bits per heavy atom. The number of nitrogens with zero attached hydrogens (tertiary/aromatic N) is 1. The first kappa shape index (κ1) is 9.92. The first-order valence-corrected chi connectivity index (χ1v) is 4.65. The van der Waals surface area contributed by atoms with Gasteiger partial charge in [0.05, 0.1) is 10.4 Å². The third-order valence-electron chi connectivity index (χ3n) is 1.69. The molecule has 0 aliphatic carbocycles. The molecule has 1 rings (SSSR count). The summed E-state index contributed by atoms with van der Waals surface area (Å²) >= 11 is 1.34. The van der Waals surface area contributed by atoms with Gasteiger partial charge in [-0.25, -0.2) is 0 Å². The first-order valence-electron chi connectivity index (χ1n) is 3.83. The first-order chi connectivity index (χ1) is 6.06. The van der Waals surface area contributed by atoms with Gasteiger partial charge in [-0.05, 0) is 13.0 Å². The number of aldehydes is 1. The van der Waals surface area contributed by atoms with E-state index < -0.39 is 0 Å². The number of hydrogen-bond acceptors (Lipinski definition) is 3. The molecule has 0 N–H and O–H groups in total. The van der Waals surface area contributed by atoms with E-state index >= 15 is 0 Å². The number of amides is 1. The molecule has 0 atom stereocenters. The minimum atomic E-state index is -0.0538. The molecule has 0 aromatic carbocycles. The molecular weight excluding hydrogens is 186 g/mol. The van der Waals surface area contributed by atoms with Crippen LogP contribution in [0.15, 0.2) is 6.07 Å². The van der Waals surface area contributed by atoms with Crippen molar-refractivity contribution in [3.63, 3.8) is 0 Å². The van der Waals surface area contributed by atoms with Gasteiger partial charge in [0.2, 0.25) is 0 Å². The third-order valence-corrected chi connectivity index (χ3v) is 2.67. The molecule has 0 aliphatic rings. The van der Waals surface area contributed by atoms with Gasteiger partial charge >= 0.3 is 0 Å². The topological polar surface area (TPSA) is 37.4 Å². The number of hydrogen-bond donors (Lipinski definition) is 0. The van der Waals surface area contributed by atoms with Crippen LogP contribution in [0.1, 0.15) is 24.9 Å². The SMILES string of the molecule is Cc1sc(C=O)cc1C(=O)N(C)C. The van der Waals surface area contributed by atoms with Crippen LogP contribution in [0.2, 0.25) is 0 Å². The van der Waals surface area contributed by atoms with Crippen molar-refractivity contribution in [2.45, 2.75) is 6.92 Å². The fraction of sp³-hybridized carbons (Fsp3) is 0.333. The zero-order valence-corrected chi connectivity index (χ0v) is 8.64. The van der Waals surface area contributed by atoms with Crippen molar-refractivity contribution in [3.05, 3.63) is 21.4 Å². The number of thiophene rings is 1. The zero-order chi connectivity index (χ0) is 10.0. The van der Waals surface area contributed by atoms with E-state index in [-0.39, 0.29) is 5.91 Å². The highest BCUT2D eigenvalue weighted by atomic mass is 32.1. The highest BCUT2D eigenvalue weighted by Gasteiger charge is 2.14. The van der Waals surface area contributed by atoms with Gasteiger partial charge in [0.15, 0.2) is 6.29 Å². The van der Waals surface area contributed by atoms with E-state index in [0.29, 0.717) is 10.4 Å². The molecule has 0 fully saturated rings. The molecule has 0 saturated heterocycles. The van der Waals surface area contributed by atoms with Crippen LogP contribution in [-0.4, -0.2) is 31.2 Å². The second kappa shape index (κ2) is 3.70. The van der Waals surface area contributed by atoms with Crippen molar-refractivity contribution in [2.75, 3.05) is 14.1 Å². The van der Waals surface area contributed by atoms with E-state index in [1.807, 2.05) is 6.92 Å². The molecule has 3 nitrogen and oxygen atoms in total. The van der Waals surface area contributed by atoms with Gasteiger partial charge in [0.1, 0.15) is 0 Å². The van der Waals surface area contributed by atoms with Crippen LogP contribution in [0.5, 0.6) is 0 Å².